The third-order valence-electron chi connectivity index (χ3n) is 4.86. The van der Waals surface area contributed by atoms with E-state index >= 15 is 0 Å². The largest absolute Gasteiger partial charge is 0.484 e. The molecule has 1 aromatic heterocycles. The van der Waals surface area contributed by atoms with E-state index in [4.69, 9.17) is 14.9 Å². The fourth-order valence-electron chi connectivity index (χ4n) is 3.17. The van der Waals surface area contributed by atoms with Crippen LogP contribution < -0.4 is 26.5 Å². The van der Waals surface area contributed by atoms with E-state index in [-0.39, 0.29) is 23.9 Å². The summed E-state index contributed by atoms with van der Waals surface area (Å²) < 4.78 is 10.8. The molecule has 4 N–H and O–H groups in total. The smallest absolute Gasteiger partial charge is 0.262 e. The highest BCUT2D eigenvalue weighted by atomic mass is 16.5. The SMILES string of the molecule is NCc1ccc(C(=O)Nc2cccc(NC(=O)COc3ccc4c(=O)ccoc4c3)c2)cc1. The molecule has 0 unspecified atom stereocenters. The summed E-state index contributed by atoms with van der Waals surface area (Å²) in [5.41, 5.74) is 8.28. The highest BCUT2D eigenvalue weighted by molar-refractivity contribution is 6.04. The van der Waals surface area contributed by atoms with Crippen molar-refractivity contribution in [2.45, 2.75) is 6.54 Å². The zero-order valence-electron chi connectivity index (χ0n) is 17.5. The molecule has 166 valence electrons. The summed E-state index contributed by atoms with van der Waals surface area (Å²) in [6.45, 7) is 0.164. The van der Waals surface area contributed by atoms with Gasteiger partial charge >= 0.3 is 0 Å². The van der Waals surface area contributed by atoms with E-state index in [9.17, 15) is 14.4 Å². The van der Waals surface area contributed by atoms with E-state index < -0.39 is 0 Å². The van der Waals surface area contributed by atoms with Crippen LogP contribution in [0.2, 0.25) is 0 Å². The molecule has 0 saturated heterocycles. The Labute approximate surface area is 189 Å². The number of anilines is 2. The van der Waals surface area contributed by atoms with Gasteiger partial charge in [0.15, 0.2) is 12.0 Å². The number of hydrogen-bond donors (Lipinski definition) is 3. The Morgan fingerprint density at radius 1 is 0.909 bits per heavy atom. The summed E-state index contributed by atoms with van der Waals surface area (Å²) >= 11 is 0. The molecule has 0 spiro atoms. The first-order valence-electron chi connectivity index (χ1n) is 10.2. The minimum atomic E-state index is -0.384. The van der Waals surface area contributed by atoms with Gasteiger partial charge in [0.2, 0.25) is 0 Å². The van der Waals surface area contributed by atoms with Crippen LogP contribution in [0.4, 0.5) is 11.4 Å². The van der Waals surface area contributed by atoms with Gasteiger partial charge in [-0.25, -0.2) is 0 Å². The Kier molecular flexibility index (Phi) is 6.47. The van der Waals surface area contributed by atoms with Crippen molar-refractivity contribution in [3.05, 3.63) is 100 Å². The number of ether oxygens (including phenoxy) is 1. The number of nitrogens with one attached hydrogen (secondary N) is 2. The van der Waals surface area contributed by atoms with E-state index in [0.29, 0.717) is 40.2 Å². The lowest BCUT2D eigenvalue weighted by molar-refractivity contribution is -0.118. The van der Waals surface area contributed by atoms with E-state index in [1.165, 1.54) is 12.3 Å². The van der Waals surface area contributed by atoms with Gasteiger partial charge in [0.1, 0.15) is 11.3 Å². The highest BCUT2D eigenvalue weighted by Gasteiger charge is 2.09. The number of rotatable bonds is 7. The first kappa shape index (κ1) is 21.8. The Balaban J connectivity index is 1.35. The standard InChI is InChI=1S/C25H21N3O5/c26-14-16-4-6-17(7-5-16)25(31)28-19-3-1-2-18(12-19)27-24(30)15-33-20-8-9-21-22(29)10-11-32-23(21)13-20/h1-13H,14-15,26H2,(H,27,30)(H,28,31). The number of nitrogens with two attached hydrogens (primary N) is 1. The zero-order chi connectivity index (χ0) is 23.2. The monoisotopic (exact) mass is 443 g/mol. The molecule has 4 aromatic rings. The van der Waals surface area contributed by atoms with Crippen molar-refractivity contribution in [1.82, 2.24) is 0 Å². The molecule has 8 heteroatoms. The lowest BCUT2D eigenvalue weighted by Gasteiger charge is -2.10. The Morgan fingerprint density at radius 3 is 2.42 bits per heavy atom. The first-order valence-corrected chi connectivity index (χ1v) is 10.2. The van der Waals surface area contributed by atoms with Crippen LogP contribution in [-0.4, -0.2) is 18.4 Å². The molecule has 0 aliphatic heterocycles. The van der Waals surface area contributed by atoms with Crippen LogP contribution in [-0.2, 0) is 11.3 Å². The maximum atomic E-state index is 12.4. The molecule has 0 aliphatic rings. The van der Waals surface area contributed by atoms with Gasteiger partial charge in [-0.15, -0.1) is 0 Å². The van der Waals surface area contributed by atoms with Crippen LogP contribution >= 0.6 is 0 Å². The molecule has 0 bridgehead atoms. The summed E-state index contributed by atoms with van der Waals surface area (Å²) in [5, 5.41) is 5.96. The maximum Gasteiger partial charge on any atom is 0.262 e. The molecule has 0 atom stereocenters. The number of fused-ring (bicyclic) bond motifs is 1. The molecule has 0 radical (unpaired) electrons. The summed E-state index contributed by atoms with van der Waals surface area (Å²) in [6.07, 6.45) is 1.31. The van der Waals surface area contributed by atoms with Gasteiger partial charge in [-0.3, -0.25) is 14.4 Å². The third-order valence-corrected chi connectivity index (χ3v) is 4.86. The van der Waals surface area contributed by atoms with Crippen molar-refractivity contribution in [3.63, 3.8) is 0 Å². The highest BCUT2D eigenvalue weighted by Crippen LogP contribution is 2.19. The predicted octanol–water partition coefficient (Wildman–Crippen LogP) is 3.52. The summed E-state index contributed by atoms with van der Waals surface area (Å²) in [5.74, 6) is -0.257. The van der Waals surface area contributed by atoms with Gasteiger partial charge in [-0.2, -0.15) is 0 Å². The second-order valence-corrected chi connectivity index (χ2v) is 7.22. The minimum Gasteiger partial charge on any atom is -0.484 e. The molecule has 8 nitrogen and oxygen atoms in total. The number of benzene rings is 3. The first-order chi connectivity index (χ1) is 16.0. The lowest BCUT2D eigenvalue weighted by atomic mass is 10.1. The van der Waals surface area contributed by atoms with Gasteiger partial charge in [-0.1, -0.05) is 18.2 Å². The lowest BCUT2D eigenvalue weighted by Crippen LogP contribution is -2.20. The van der Waals surface area contributed by atoms with Crippen LogP contribution in [0.1, 0.15) is 15.9 Å². The van der Waals surface area contributed by atoms with Crippen LogP contribution in [0.5, 0.6) is 5.75 Å². The second kappa shape index (κ2) is 9.80. The van der Waals surface area contributed by atoms with E-state index in [0.717, 1.165) is 5.56 Å². The predicted molar refractivity (Wildman–Crippen MR) is 125 cm³/mol. The van der Waals surface area contributed by atoms with Crippen molar-refractivity contribution in [2.75, 3.05) is 17.2 Å². The Hall–Kier alpha value is -4.43. The van der Waals surface area contributed by atoms with Gasteiger partial charge in [-0.05, 0) is 48.0 Å². The van der Waals surface area contributed by atoms with Crippen molar-refractivity contribution in [1.29, 1.82) is 0 Å². The Bertz CT molecular complexity index is 1360. The molecule has 0 saturated carbocycles. The number of hydrogen-bond acceptors (Lipinski definition) is 6. The van der Waals surface area contributed by atoms with E-state index in [1.54, 1.807) is 66.7 Å². The molecular weight excluding hydrogens is 422 g/mol. The minimum absolute atomic E-state index is 0.153. The fourth-order valence-corrected chi connectivity index (χ4v) is 3.17. The molecule has 0 aliphatic carbocycles. The summed E-state index contributed by atoms with van der Waals surface area (Å²) in [6, 6.07) is 19.9. The number of carbonyl (C=O) groups excluding carboxylic acids is 2. The van der Waals surface area contributed by atoms with Crippen LogP contribution in [0.25, 0.3) is 11.0 Å². The summed E-state index contributed by atoms with van der Waals surface area (Å²) in [4.78, 5) is 36.5. The maximum absolute atomic E-state index is 12.4. The van der Waals surface area contributed by atoms with Gasteiger partial charge in [0, 0.05) is 35.6 Å². The van der Waals surface area contributed by atoms with Crippen LogP contribution in [0.3, 0.4) is 0 Å². The number of carbonyl (C=O) groups is 2. The third kappa shape index (κ3) is 5.44. The molecule has 1 heterocycles. The summed E-state index contributed by atoms with van der Waals surface area (Å²) in [7, 11) is 0. The average molecular weight is 443 g/mol. The van der Waals surface area contributed by atoms with Crippen molar-refractivity contribution in [2.24, 2.45) is 5.73 Å². The Morgan fingerprint density at radius 2 is 1.67 bits per heavy atom. The molecular formula is C25H21N3O5. The molecule has 0 fully saturated rings. The second-order valence-electron chi connectivity index (χ2n) is 7.22. The number of amides is 2. The normalized spacial score (nSPS) is 10.6. The topological polar surface area (TPSA) is 124 Å². The van der Waals surface area contributed by atoms with Gasteiger partial charge in [0.25, 0.3) is 11.8 Å². The fraction of sp³-hybridized carbons (Fsp3) is 0.0800. The average Bonchev–Trinajstić information content (AvgIpc) is 2.83. The molecule has 4 rings (SSSR count). The van der Waals surface area contributed by atoms with Crippen LogP contribution in [0.15, 0.2) is 88.3 Å². The molecule has 3 aromatic carbocycles. The van der Waals surface area contributed by atoms with Crippen molar-refractivity contribution < 1.29 is 18.7 Å². The van der Waals surface area contributed by atoms with Gasteiger partial charge in [0.05, 0.1) is 11.6 Å². The molecule has 33 heavy (non-hydrogen) atoms. The van der Waals surface area contributed by atoms with E-state index in [1.807, 2.05) is 0 Å². The van der Waals surface area contributed by atoms with Gasteiger partial charge < -0.3 is 25.5 Å². The van der Waals surface area contributed by atoms with E-state index in [2.05, 4.69) is 10.6 Å². The zero-order valence-corrected chi connectivity index (χ0v) is 17.5. The van der Waals surface area contributed by atoms with Crippen molar-refractivity contribution >= 4 is 34.2 Å². The van der Waals surface area contributed by atoms with Crippen LogP contribution in [0, 0.1) is 0 Å². The van der Waals surface area contributed by atoms with Crippen molar-refractivity contribution in [3.8, 4) is 5.75 Å². The molecule has 2 amide bonds. The quantitative estimate of drug-likeness (QED) is 0.402.